The minimum atomic E-state index is -0.219. The zero-order valence-electron chi connectivity index (χ0n) is 17.7. The number of aromatic amines is 1. The minimum Gasteiger partial charge on any atom is -0.487 e. The van der Waals surface area contributed by atoms with Crippen LogP contribution in [0.3, 0.4) is 0 Å². The Morgan fingerprint density at radius 3 is 2.75 bits per heavy atom. The molecule has 0 atom stereocenters. The molecule has 0 saturated carbocycles. The lowest BCUT2D eigenvalue weighted by molar-refractivity contribution is -0.125. The Bertz CT molecular complexity index is 1340. The fourth-order valence-electron chi connectivity index (χ4n) is 3.18. The van der Waals surface area contributed by atoms with E-state index in [1.807, 2.05) is 42.6 Å². The van der Waals surface area contributed by atoms with Gasteiger partial charge in [0, 0.05) is 24.1 Å². The van der Waals surface area contributed by atoms with Gasteiger partial charge >= 0.3 is 0 Å². The van der Waals surface area contributed by atoms with E-state index in [1.165, 1.54) is 11.0 Å². The number of carbonyl (C=O) groups excluding carboxylic acids is 1. The lowest BCUT2D eigenvalue weighted by Crippen LogP contribution is -2.26. The van der Waals surface area contributed by atoms with Crippen LogP contribution in [-0.4, -0.2) is 32.8 Å². The summed E-state index contributed by atoms with van der Waals surface area (Å²) in [5.41, 5.74) is 2.05. The molecule has 162 valence electrons. The number of hydrogen-bond acceptors (Lipinski definition) is 6. The summed E-state index contributed by atoms with van der Waals surface area (Å²) in [5.74, 6) is 0.886. The Balaban J connectivity index is 1.43. The van der Waals surface area contributed by atoms with Crippen molar-refractivity contribution in [3.63, 3.8) is 0 Å². The second kappa shape index (κ2) is 9.57. The highest BCUT2D eigenvalue weighted by Gasteiger charge is 2.10. The van der Waals surface area contributed by atoms with Crippen molar-refractivity contribution in [2.75, 3.05) is 7.05 Å². The molecule has 1 N–H and O–H groups in total. The summed E-state index contributed by atoms with van der Waals surface area (Å²) in [5, 5.41) is 3.49. The Kier molecular flexibility index (Phi) is 6.42. The third kappa shape index (κ3) is 5.09. The molecule has 0 saturated heterocycles. The number of aryl methyl sites for hydroxylation is 1. The summed E-state index contributed by atoms with van der Waals surface area (Å²) in [6.45, 7) is 2.50. The molecule has 7 nitrogen and oxygen atoms in total. The molecule has 0 unspecified atom stereocenters. The van der Waals surface area contributed by atoms with Crippen molar-refractivity contribution in [3.05, 3.63) is 92.4 Å². The van der Waals surface area contributed by atoms with E-state index in [1.54, 1.807) is 42.7 Å². The van der Waals surface area contributed by atoms with Crippen LogP contribution in [0.4, 0.5) is 0 Å². The highest BCUT2D eigenvalue weighted by atomic mass is 32.1. The zero-order chi connectivity index (χ0) is 22.5. The molecule has 4 aromatic rings. The van der Waals surface area contributed by atoms with E-state index in [0.717, 1.165) is 16.3 Å². The van der Waals surface area contributed by atoms with Gasteiger partial charge in [0.05, 0.1) is 28.1 Å². The number of fused-ring (bicyclic) bond motifs is 1. The topological polar surface area (TPSA) is 88.2 Å². The first-order valence-corrected chi connectivity index (χ1v) is 10.9. The van der Waals surface area contributed by atoms with Crippen molar-refractivity contribution in [1.29, 1.82) is 0 Å². The monoisotopic (exact) mass is 446 g/mol. The van der Waals surface area contributed by atoms with Crippen molar-refractivity contribution >= 4 is 34.2 Å². The van der Waals surface area contributed by atoms with Gasteiger partial charge in [0.25, 0.3) is 5.56 Å². The van der Waals surface area contributed by atoms with Gasteiger partial charge in [-0.25, -0.2) is 9.97 Å². The van der Waals surface area contributed by atoms with E-state index in [0.29, 0.717) is 29.1 Å². The standard InChI is InChI=1S/C24H22N4O3S/c1-16-25-18(15-32-16)14-31-21-10-6-3-7-17(21)11-12-23(29)28(2)13-22-26-20-9-5-4-8-19(20)24(30)27-22/h3-12,15H,13-14H2,1-2H3,(H,26,27,30)/b12-11+. The number of thiazole rings is 1. The molecule has 2 heterocycles. The number of carbonyl (C=O) groups is 1. The predicted molar refractivity (Wildman–Crippen MR) is 125 cm³/mol. The predicted octanol–water partition coefficient (Wildman–Crippen LogP) is 3.94. The molecule has 0 spiro atoms. The number of para-hydroxylation sites is 2. The number of nitrogens with zero attached hydrogens (tertiary/aromatic N) is 3. The molecule has 0 aliphatic carbocycles. The molecular weight excluding hydrogens is 424 g/mol. The molecule has 2 aromatic heterocycles. The Morgan fingerprint density at radius 1 is 1.16 bits per heavy atom. The summed E-state index contributed by atoms with van der Waals surface area (Å²) >= 11 is 1.58. The highest BCUT2D eigenvalue weighted by molar-refractivity contribution is 7.09. The normalized spacial score (nSPS) is 11.2. The van der Waals surface area contributed by atoms with E-state index in [2.05, 4.69) is 15.0 Å². The summed E-state index contributed by atoms with van der Waals surface area (Å²) in [6, 6.07) is 14.6. The Labute approximate surface area is 189 Å². The molecule has 2 aromatic carbocycles. The molecule has 4 rings (SSSR count). The van der Waals surface area contributed by atoms with Crippen LogP contribution in [0.15, 0.2) is 64.8 Å². The largest absolute Gasteiger partial charge is 0.487 e. The van der Waals surface area contributed by atoms with Crippen LogP contribution < -0.4 is 10.3 Å². The minimum absolute atomic E-state index is 0.185. The number of likely N-dealkylation sites (N-methyl/N-ethyl adjacent to an activating group) is 1. The second-order valence-corrected chi connectivity index (χ2v) is 8.30. The van der Waals surface area contributed by atoms with Gasteiger partial charge in [-0.15, -0.1) is 11.3 Å². The molecule has 0 bridgehead atoms. The zero-order valence-corrected chi connectivity index (χ0v) is 18.6. The lowest BCUT2D eigenvalue weighted by Gasteiger charge is -2.14. The number of nitrogens with one attached hydrogen (secondary N) is 1. The van der Waals surface area contributed by atoms with Crippen molar-refractivity contribution < 1.29 is 9.53 Å². The van der Waals surface area contributed by atoms with Crippen LogP contribution >= 0.6 is 11.3 Å². The maximum atomic E-state index is 12.6. The van der Waals surface area contributed by atoms with Gasteiger partial charge in [-0.1, -0.05) is 30.3 Å². The van der Waals surface area contributed by atoms with Gasteiger partial charge in [0.1, 0.15) is 18.2 Å². The maximum Gasteiger partial charge on any atom is 0.258 e. The van der Waals surface area contributed by atoms with Gasteiger partial charge in [-0.3, -0.25) is 9.59 Å². The molecule has 0 radical (unpaired) electrons. The van der Waals surface area contributed by atoms with Gasteiger partial charge in [0.15, 0.2) is 0 Å². The fourth-order valence-corrected chi connectivity index (χ4v) is 3.77. The summed E-state index contributed by atoms with van der Waals surface area (Å²) in [6.07, 6.45) is 3.20. The first kappa shape index (κ1) is 21.5. The summed E-state index contributed by atoms with van der Waals surface area (Å²) in [7, 11) is 1.66. The van der Waals surface area contributed by atoms with Crippen molar-refractivity contribution in [2.45, 2.75) is 20.1 Å². The first-order valence-electron chi connectivity index (χ1n) is 10.0. The molecular formula is C24H22N4O3S. The van der Waals surface area contributed by atoms with E-state index >= 15 is 0 Å². The van der Waals surface area contributed by atoms with E-state index in [4.69, 9.17) is 4.74 Å². The average molecular weight is 447 g/mol. The van der Waals surface area contributed by atoms with Gasteiger partial charge in [-0.05, 0) is 31.2 Å². The smallest absolute Gasteiger partial charge is 0.258 e. The van der Waals surface area contributed by atoms with Crippen molar-refractivity contribution in [2.24, 2.45) is 0 Å². The SMILES string of the molecule is Cc1nc(COc2ccccc2/C=C/C(=O)N(C)Cc2nc3ccccc3c(=O)[nH]2)cs1. The quantitative estimate of drug-likeness (QED) is 0.435. The van der Waals surface area contributed by atoms with Gasteiger partial charge < -0.3 is 14.6 Å². The molecule has 0 aliphatic rings. The average Bonchev–Trinajstić information content (AvgIpc) is 3.21. The summed E-state index contributed by atoms with van der Waals surface area (Å²) < 4.78 is 5.90. The molecule has 8 heteroatoms. The molecule has 1 amide bonds. The van der Waals surface area contributed by atoms with E-state index in [-0.39, 0.29) is 18.0 Å². The van der Waals surface area contributed by atoms with E-state index in [9.17, 15) is 9.59 Å². The lowest BCUT2D eigenvalue weighted by atomic mass is 10.2. The van der Waals surface area contributed by atoms with Crippen LogP contribution in [0.1, 0.15) is 22.1 Å². The Hall–Kier alpha value is -3.78. The molecule has 32 heavy (non-hydrogen) atoms. The third-order valence-electron chi connectivity index (χ3n) is 4.79. The number of H-pyrrole nitrogens is 1. The van der Waals surface area contributed by atoms with Crippen LogP contribution in [0.5, 0.6) is 5.75 Å². The van der Waals surface area contributed by atoms with E-state index < -0.39 is 0 Å². The third-order valence-corrected chi connectivity index (χ3v) is 5.61. The van der Waals surface area contributed by atoms with Crippen LogP contribution in [0.25, 0.3) is 17.0 Å². The van der Waals surface area contributed by atoms with Crippen molar-refractivity contribution in [3.8, 4) is 5.75 Å². The van der Waals surface area contributed by atoms with Crippen LogP contribution in [0, 0.1) is 6.92 Å². The maximum absolute atomic E-state index is 12.6. The number of aromatic nitrogens is 3. The molecule has 0 fully saturated rings. The number of benzene rings is 2. The second-order valence-electron chi connectivity index (χ2n) is 7.24. The van der Waals surface area contributed by atoms with Crippen molar-refractivity contribution in [1.82, 2.24) is 19.9 Å². The number of amides is 1. The molecule has 0 aliphatic heterocycles. The fraction of sp³-hybridized carbons (Fsp3) is 0.167. The first-order chi connectivity index (χ1) is 15.5. The highest BCUT2D eigenvalue weighted by Crippen LogP contribution is 2.21. The summed E-state index contributed by atoms with van der Waals surface area (Å²) in [4.78, 5) is 37.9. The van der Waals surface area contributed by atoms with Crippen LogP contribution in [-0.2, 0) is 17.9 Å². The Morgan fingerprint density at radius 2 is 1.94 bits per heavy atom. The number of rotatable bonds is 7. The number of ether oxygens (including phenoxy) is 1. The van der Waals surface area contributed by atoms with Crippen LogP contribution in [0.2, 0.25) is 0 Å². The van der Waals surface area contributed by atoms with Gasteiger partial charge in [-0.2, -0.15) is 0 Å². The van der Waals surface area contributed by atoms with Gasteiger partial charge in [0.2, 0.25) is 5.91 Å². The number of hydrogen-bond donors (Lipinski definition) is 1.